The largest absolute Gasteiger partial charge is 0.329 e. The quantitative estimate of drug-likeness (QED) is 0.916. The number of benzene rings is 1. The van der Waals surface area contributed by atoms with Crippen LogP contribution in [0, 0.1) is 11.7 Å². The highest BCUT2D eigenvalue weighted by Gasteiger charge is 2.22. The van der Waals surface area contributed by atoms with E-state index in [9.17, 15) is 4.39 Å². The molecule has 0 amide bonds. The molecule has 2 atom stereocenters. The van der Waals surface area contributed by atoms with Crippen molar-refractivity contribution in [3.8, 4) is 0 Å². The minimum absolute atomic E-state index is 0.132. The van der Waals surface area contributed by atoms with Crippen LogP contribution in [-0.2, 0) is 0 Å². The molecule has 2 rings (SSSR count). The van der Waals surface area contributed by atoms with Gasteiger partial charge in [0.05, 0.1) is 4.47 Å². The number of rotatable bonds is 3. The van der Waals surface area contributed by atoms with Crippen LogP contribution in [0.2, 0.25) is 0 Å². The summed E-state index contributed by atoms with van der Waals surface area (Å²) in [6, 6.07) is 5.48. The molecule has 4 heteroatoms. The Kier molecular flexibility index (Phi) is 5.37. The van der Waals surface area contributed by atoms with E-state index >= 15 is 0 Å². The second-order valence-corrected chi connectivity index (χ2v) is 6.35. The van der Waals surface area contributed by atoms with E-state index in [0.29, 0.717) is 11.0 Å². The van der Waals surface area contributed by atoms with Crippen molar-refractivity contribution < 1.29 is 4.39 Å². The molecule has 19 heavy (non-hydrogen) atoms. The van der Waals surface area contributed by atoms with Crippen LogP contribution in [-0.4, -0.2) is 24.5 Å². The maximum Gasteiger partial charge on any atom is 0.137 e. The standard InChI is InChI=1S/C15H22BrFN2/c1-11-3-2-7-19(8-6-11)15(10-18)12-4-5-13(16)14(17)9-12/h4-5,9,11,15H,2-3,6-8,10,18H2,1H3. The van der Waals surface area contributed by atoms with Gasteiger partial charge in [-0.25, -0.2) is 4.39 Å². The Hall–Kier alpha value is -0.450. The first-order chi connectivity index (χ1) is 9.11. The fourth-order valence-electron chi connectivity index (χ4n) is 2.81. The Bertz CT molecular complexity index is 425. The summed E-state index contributed by atoms with van der Waals surface area (Å²) in [4.78, 5) is 2.41. The molecular weight excluding hydrogens is 307 g/mol. The van der Waals surface area contributed by atoms with Gasteiger partial charge in [-0.15, -0.1) is 0 Å². The van der Waals surface area contributed by atoms with Gasteiger partial charge in [-0.1, -0.05) is 13.0 Å². The molecular formula is C15H22BrFN2. The Morgan fingerprint density at radius 2 is 2.21 bits per heavy atom. The average Bonchev–Trinajstić information content (AvgIpc) is 2.60. The van der Waals surface area contributed by atoms with E-state index < -0.39 is 0 Å². The average molecular weight is 329 g/mol. The van der Waals surface area contributed by atoms with Crippen LogP contribution in [0.1, 0.15) is 37.8 Å². The first kappa shape index (κ1) is 14.9. The molecule has 2 unspecified atom stereocenters. The predicted octanol–water partition coefficient (Wildman–Crippen LogP) is 3.71. The first-order valence-corrected chi connectivity index (χ1v) is 7.80. The van der Waals surface area contributed by atoms with Gasteiger partial charge < -0.3 is 5.73 Å². The third kappa shape index (κ3) is 3.77. The molecule has 0 aliphatic carbocycles. The zero-order chi connectivity index (χ0) is 13.8. The summed E-state index contributed by atoms with van der Waals surface area (Å²) in [6.07, 6.45) is 3.69. The van der Waals surface area contributed by atoms with Gasteiger partial charge >= 0.3 is 0 Å². The molecule has 0 bridgehead atoms. The summed E-state index contributed by atoms with van der Waals surface area (Å²) in [5.74, 6) is 0.573. The van der Waals surface area contributed by atoms with Gasteiger partial charge in [0, 0.05) is 12.6 Å². The fourth-order valence-corrected chi connectivity index (χ4v) is 3.06. The monoisotopic (exact) mass is 328 g/mol. The molecule has 1 aromatic carbocycles. The Morgan fingerprint density at radius 1 is 1.42 bits per heavy atom. The van der Waals surface area contributed by atoms with Crippen molar-refractivity contribution in [2.45, 2.75) is 32.2 Å². The molecule has 2 nitrogen and oxygen atoms in total. The van der Waals surface area contributed by atoms with Crippen molar-refractivity contribution in [1.29, 1.82) is 0 Å². The van der Waals surface area contributed by atoms with Crippen molar-refractivity contribution in [1.82, 2.24) is 4.90 Å². The molecule has 0 saturated carbocycles. The molecule has 1 aromatic rings. The minimum Gasteiger partial charge on any atom is -0.329 e. The summed E-state index contributed by atoms with van der Waals surface area (Å²) in [6.45, 7) is 4.96. The van der Waals surface area contributed by atoms with E-state index in [1.165, 1.54) is 19.3 Å². The molecule has 106 valence electrons. The van der Waals surface area contributed by atoms with Gasteiger partial charge in [-0.3, -0.25) is 4.90 Å². The maximum atomic E-state index is 13.7. The predicted molar refractivity (Wildman–Crippen MR) is 80.5 cm³/mol. The number of hydrogen-bond donors (Lipinski definition) is 1. The Morgan fingerprint density at radius 3 is 2.89 bits per heavy atom. The van der Waals surface area contributed by atoms with E-state index in [-0.39, 0.29) is 11.9 Å². The fraction of sp³-hybridized carbons (Fsp3) is 0.600. The topological polar surface area (TPSA) is 29.3 Å². The molecule has 1 aliphatic rings. The zero-order valence-corrected chi connectivity index (χ0v) is 13.0. The van der Waals surface area contributed by atoms with Crippen LogP contribution in [0.5, 0.6) is 0 Å². The highest BCUT2D eigenvalue weighted by atomic mass is 79.9. The van der Waals surface area contributed by atoms with Crippen molar-refractivity contribution in [2.24, 2.45) is 11.7 Å². The second-order valence-electron chi connectivity index (χ2n) is 5.50. The number of halogens is 2. The highest BCUT2D eigenvalue weighted by Crippen LogP contribution is 2.27. The SMILES string of the molecule is CC1CCCN(C(CN)c2ccc(Br)c(F)c2)CC1. The molecule has 0 radical (unpaired) electrons. The van der Waals surface area contributed by atoms with Gasteiger partial charge in [0.1, 0.15) is 5.82 Å². The van der Waals surface area contributed by atoms with Gasteiger partial charge in [-0.05, 0) is 71.9 Å². The van der Waals surface area contributed by atoms with Crippen molar-refractivity contribution in [2.75, 3.05) is 19.6 Å². The number of hydrogen-bond acceptors (Lipinski definition) is 2. The third-order valence-electron chi connectivity index (χ3n) is 4.04. The van der Waals surface area contributed by atoms with Crippen LogP contribution in [0.3, 0.4) is 0 Å². The number of nitrogens with two attached hydrogens (primary N) is 1. The molecule has 1 aliphatic heterocycles. The Balaban J connectivity index is 2.16. The van der Waals surface area contributed by atoms with Gasteiger partial charge in [-0.2, -0.15) is 0 Å². The van der Waals surface area contributed by atoms with E-state index in [1.54, 1.807) is 12.1 Å². The van der Waals surface area contributed by atoms with E-state index in [4.69, 9.17) is 5.73 Å². The lowest BCUT2D eigenvalue weighted by Crippen LogP contribution is -2.34. The van der Waals surface area contributed by atoms with Gasteiger partial charge in [0.15, 0.2) is 0 Å². The van der Waals surface area contributed by atoms with Gasteiger partial charge in [0.2, 0.25) is 0 Å². The summed E-state index contributed by atoms with van der Waals surface area (Å²) < 4.78 is 14.2. The van der Waals surface area contributed by atoms with Crippen LogP contribution >= 0.6 is 15.9 Å². The molecule has 0 spiro atoms. The van der Waals surface area contributed by atoms with Gasteiger partial charge in [0.25, 0.3) is 0 Å². The molecule has 0 aromatic heterocycles. The van der Waals surface area contributed by atoms with Crippen LogP contribution in [0.15, 0.2) is 22.7 Å². The van der Waals surface area contributed by atoms with E-state index in [1.807, 2.05) is 6.07 Å². The molecule has 1 fully saturated rings. The maximum absolute atomic E-state index is 13.7. The zero-order valence-electron chi connectivity index (χ0n) is 11.4. The smallest absolute Gasteiger partial charge is 0.137 e. The summed E-state index contributed by atoms with van der Waals surface area (Å²) >= 11 is 3.20. The summed E-state index contributed by atoms with van der Waals surface area (Å²) in [5, 5.41) is 0. The minimum atomic E-state index is -0.209. The first-order valence-electron chi connectivity index (χ1n) is 7.01. The lowest BCUT2D eigenvalue weighted by molar-refractivity contribution is 0.207. The number of likely N-dealkylation sites (tertiary alicyclic amines) is 1. The van der Waals surface area contributed by atoms with Crippen molar-refractivity contribution in [3.63, 3.8) is 0 Å². The van der Waals surface area contributed by atoms with Crippen molar-refractivity contribution in [3.05, 3.63) is 34.1 Å². The number of nitrogens with zero attached hydrogens (tertiary/aromatic N) is 1. The normalized spacial score (nSPS) is 23.1. The van der Waals surface area contributed by atoms with E-state index in [2.05, 4.69) is 27.8 Å². The lowest BCUT2D eigenvalue weighted by atomic mass is 10.0. The highest BCUT2D eigenvalue weighted by molar-refractivity contribution is 9.10. The third-order valence-corrected chi connectivity index (χ3v) is 4.69. The van der Waals surface area contributed by atoms with Crippen molar-refractivity contribution >= 4 is 15.9 Å². The summed E-state index contributed by atoms with van der Waals surface area (Å²) in [5.41, 5.74) is 6.92. The summed E-state index contributed by atoms with van der Waals surface area (Å²) in [7, 11) is 0. The molecule has 1 heterocycles. The Labute approximate surface area is 123 Å². The lowest BCUT2D eigenvalue weighted by Gasteiger charge is -2.30. The van der Waals surface area contributed by atoms with Crippen LogP contribution in [0.25, 0.3) is 0 Å². The van der Waals surface area contributed by atoms with Crippen LogP contribution in [0.4, 0.5) is 4.39 Å². The van der Waals surface area contributed by atoms with E-state index in [0.717, 1.165) is 24.6 Å². The van der Waals surface area contributed by atoms with Crippen LogP contribution < -0.4 is 5.73 Å². The molecule has 2 N–H and O–H groups in total. The molecule has 1 saturated heterocycles. The second kappa shape index (κ2) is 6.82.